The highest BCUT2D eigenvalue weighted by Crippen LogP contribution is 2.42. The van der Waals surface area contributed by atoms with Gasteiger partial charge in [0.2, 0.25) is 5.91 Å². The van der Waals surface area contributed by atoms with Crippen molar-refractivity contribution in [1.82, 2.24) is 20.0 Å². The van der Waals surface area contributed by atoms with E-state index in [2.05, 4.69) is 24.3 Å². The third-order valence-corrected chi connectivity index (χ3v) is 5.47. The number of aromatic nitrogens is 2. The molecule has 2 aliphatic heterocycles. The quantitative estimate of drug-likeness (QED) is 0.915. The molecule has 1 aliphatic carbocycles. The summed E-state index contributed by atoms with van der Waals surface area (Å²) < 4.78 is 2.04. The van der Waals surface area contributed by atoms with Crippen molar-refractivity contribution in [3.63, 3.8) is 0 Å². The molecule has 0 unspecified atom stereocenters. The molecule has 1 saturated carbocycles. The van der Waals surface area contributed by atoms with Crippen molar-refractivity contribution in [3.05, 3.63) is 17.5 Å². The fraction of sp³-hybridized carbons (Fsp3) is 0.722. The van der Waals surface area contributed by atoms with E-state index in [1.807, 2.05) is 9.58 Å². The van der Waals surface area contributed by atoms with Crippen molar-refractivity contribution < 1.29 is 9.59 Å². The fourth-order valence-electron chi connectivity index (χ4n) is 4.20. The number of fused-ring (bicyclic) bond motifs is 1. The number of carbonyl (C=O) groups excluding carboxylic acids is 2. The van der Waals surface area contributed by atoms with Crippen LogP contribution in [0, 0.1) is 11.8 Å². The van der Waals surface area contributed by atoms with Crippen LogP contribution in [0.1, 0.15) is 61.5 Å². The molecule has 2 saturated heterocycles. The van der Waals surface area contributed by atoms with Crippen LogP contribution in [0.5, 0.6) is 0 Å². The van der Waals surface area contributed by atoms with Crippen LogP contribution < -0.4 is 5.32 Å². The van der Waals surface area contributed by atoms with E-state index in [4.69, 9.17) is 0 Å². The number of likely N-dealkylation sites (tertiary alicyclic amines) is 1. The Labute approximate surface area is 142 Å². The third kappa shape index (κ3) is 2.62. The first-order valence-corrected chi connectivity index (χ1v) is 9.20. The van der Waals surface area contributed by atoms with Gasteiger partial charge < -0.3 is 10.2 Å². The van der Waals surface area contributed by atoms with E-state index in [0.717, 1.165) is 50.0 Å². The molecule has 3 heterocycles. The van der Waals surface area contributed by atoms with E-state index in [9.17, 15) is 9.59 Å². The number of rotatable bonds is 4. The second-order valence-electron chi connectivity index (χ2n) is 7.85. The maximum absolute atomic E-state index is 13.2. The van der Waals surface area contributed by atoms with Gasteiger partial charge in [0.05, 0.1) is 29.4 Å². The largest absolute Gasteiger partial charge is 0.354 e. The lowest BCUT2D eigenvalue weighted by molar-refractivity contribution is -0.123. The predicted molar refractivity (Wildman–Crippen MR) is 89.6 cm³/mol. The first-order valence-electron chi connectivity index (χ1n) is 9.20. The molecule has 6 nitrogen and oxygen atoms in total. The highest BCUT2D eigenvalue weighted by molar-refractivity contribution is 5.96. The molecular formula is C18H26N4O2. The Hall–Kier alpha value is -1.85. The summed E-state index contributed by atoms with van der Waals surface area (Å²) in [6, 6.07) is 0.0132. The first-order chi connectivity index (χ1) is 11.6. The molecule has 3 aliphatic rings. The highest BCUT2D eigenvalue weighted by atomic mass is 16.2. The van der Waals surface area contributed by atoms with Gasteiger partial charge in [-0.2, -0.15) is 5.10 Å². The number of hydrogen-bond acceptors (Lipinski definition) is 3. The average Bonchev–Trinajstić information content (AvgIpc) is 3.21. The Kier molecular flexibility index (Phi) is 3.85. The summed E-state index contributed by atoms with van der Waals surface area (Å²) in [5.41, 5.74) is 1.88. The van der Waals surface area contributed by atoms with Gasteiger partial charge >= 0.3 is 0 Å². The molecule has 2 atom stereocenters. The van der Waals surface area contributed by atoms with Crippen LogP contribution in [-0.2, 0) is 11.3 Å². The van der Waals surface area contributed by atoms with Crippen LogP contribution in [-0.4, -0.2) is 45.6 Å². The Morgan fingerprint density at radius 1 is 1.38 bits per heavy atom. The summed E-state index contributed by atoms with van der Waals surface area (Å²) in [4.78, 5) is 27.1. The minimum Gasteiger partial charge on any atom is -0.354 e. The molecule has 24 heavy (non-hydrogen) atoms. The number of carbonyl (C=O) groups is 2. The standard InChI is InChI=1S/C18H26N4O2/c1-11(2)10-22-16(12-5-6-12)14(8-20-22)18(24)21-7-3-4-13-15(21)9-19-17(13)23/h8,11-13,15H,3-7,9-10H2,1-2H3,(H,19,23)/t13-,15-/m1/s1. The van der Waals surface area contributed by atoms with Gasteiger partial charge in [-0.1, -0.05) is 13.8 Å². The number of amides is 2. The molecule has 2 amide bonds. The Balaban J connectivity index is 1.62. The van der Waals surface area contributed by atoms with Gasteiger partial charge in [-0.05, 0) is 31.6 Å². The van der Waals surface area contributed by atoms with E-state index in [0.29, 0.717) is 18.4 Å². The van der Waals surface area contributed by atoms with Gasteiger partial charge in [0, 0.05) is 25.6 Å². The molecule has 0 spiro atoms. The van der Waals surface area contributed by atoms with Crippen LogP contribution in [0.3, 0.4) is 0 Å². The number of nitrogens with zero attached hydrogens (tertiary/aromatic N) is 3. The number of hydrogen-bond donors (Lipinski definition) is 1. The van der Waals surface area contributed by atoms with Crippen LogP contribution in [0.4, 0.5) is 0 Å². The van der Waals surface area contributed by atoms with Crippen molar-refractivity contribution in [2.75, 3.05) is 13.1 Å². The van der Waals surface area contributed by atoms with Crippen molar-refractivity contribution in [1.29, 1.82) is 0 Å². The lowest BCUT2D eigenvalue weighted by Gasteiger charge is -2.36. The summed E-state index contributed by atoms with van der Waals surface area (Å²) in [6.45, 7) is 6.53. The van der Waals surface area contributed by atoms with Gasteiger partial charge in [-0.15, -0.1) is 0 Å². The summed E-state index contributed by atoms with van der Waals surface area (Å²) in [6.07, 6.45) is 5.85. The lowest BCUT2D eigenvalue weighted by atomic mass is 9.91. The molecule has 1 aromatic rings. The predicted octanol–water partition coefficient (Wildman–Crippen LogP) is 1.77. The highest BCUT2D eigenvalue weighted by Gasteiger charge is 2.44. The Morgan fingerprint density at radius 2 is 2.17 bits per heavy atom. The maximum atomic E-state index is 13.2. The molecular weight excluding hydrogens is 304 g/mol. The average molecular weight is 330 g/mol. The Bertz CT molecular complexity index is 662. The molecule has 0 bridgehead atoms. The normalized spacial score (nSPS) is 26.6. The van der Waals surface area contributed by atoms with Crippen LogP contribution in [0.2, 0.25) is 0 Å². The second-order valence-corrected chi connectivity index (χ2v) is 7.85. The molecule has 130 valence electrons. The summed E-state index contributed by atoms with van der Waals surface area (Å²) in [5, 5.41) is 7.45. The zero-order valence-corrected chi connectivity index (χ0v) is 14.5. The number of nitrogens with one attached hydrogen (secondary N) is 1. The zero-order chi connectivity index (χ0) is 16.8. The molecule has 6 heteroatoms. The second kappa shape index (κ2) is 5.90. The van der Waals surface area contributed by atoms with E-state index in [1.165, 1.54) is 0 Å². The lowest BCUT2D eigenvalue weighted by Crippen LogP contribution is -2.48. The van der Waals surface area contributed by atoms with Crippen molar-refractivity contribution in [3.8, 4) is 0 Å². The fourth-order valence-corrected chi connectivity index (χ4v) is 4.20. The molecule has 1 aromatic heterocycles. The van der Waals surface area contributed by atoms with E-state index in [1.54, 1.807) is 6.20 Å². The first kappa shape index (κ1) is 15.7. The van der Waals surface area contributed by atoms with E-state index < -0.39 is 0 Å². The van der Waals surface area contributed by atoms with Crippen molar-refractivity contribution >= 4 is 11.8 Å². The third-order valence-electron chi connectivity index (χ3n) is 5.47. The molecule has 1 N–H and O–H groups in total. The molecule has 4 rings (SSSR count). The van der Waals surface area contributed by atoms with Gasteiger partial charge in [0.25, 0.3) is 5.91 Å². The van der Waals surface area contributed by atoms with Gasteiger partial charge in [-0.3, -0.25) is 14.3 Å². The summed E-state index contributed by atoms with van der Waals surface area (Å²) in [7, 11) is 0. The summed E-state index contributed by atoms with van der Waals surface area (Å²) >= 11 is 0. The van der Waals surface area contributed by atoms with Gasteiger partial charge in [0.15, 0.2) is 0 Å². The molecule has 0 radical (unpaired) electrons. The van der Waals surface area contributed by atoms with Crippen LogP contribution in [0.25, 0.3) is 0 Å². The minimum absolute atomic E-state index is 0.0132. The SMILES string of the molecule is CC(C)Cn1ncc(C(=O)N2CCC[C@H]3C(=O)NC[C@H]32)c1C1CC1. The maximum Gasteiger partial charge on any atom is 0.257 e. The topological polar surface area (TPSA) is 67.2 Å². The number of piperidine rings is 1. The smallest absolute Gasteiger partial charge is 0.257 e. The van der Waals surface area contributed by atoms with Crippen molar-refractivity contribution in [2.24, 2.45) is 11.8 Å². The van der Waals surface area contributed by atoms with Gasteiger partial charge in [0.1, 0.15) is 0 Å². The van der Waals surface area contributed by atoms with Crippen molar-refractivity contribution in [2.45, 2.75) is 58.0 Å². The van der Waals surface area contributed by atoms with Crippen LogP contribution in [0.15, 0.2) is 6.20 Å². The molecule has 3 fully saturated rings. The molecule has 0 aromatic carbocycles. The van der Waals surface area contributed by atoms with Gasteiger partial charge in [-0.25, -0.2) is 0 Å². The Morgan fingerprint density at radius 3 is 2.88 bits per heavy atom. The monoisotopic (exact) mass is 330 g/mol. The minimum atomic E-state index is -0.0298. The van der Waals surface area contributed by atoms with Crippen LogP contribution >= 0.6 is 0 Å². The zero-order valence-electron chi connectivity index (χ0n) is 14.5. The summed E-state index contributed by atoms with van der Waals surface area (Å²) in [5.74, 6) is 1.13. The van der Waals surface area contributed by atoms with E-state index >= 15 is 0 Å². The van der Waals surface area contributed by atoms with E-state index in [-0.39, 0.29) is 23.8 Å².